The Morgan fingerprint density at radius 2 is 0.607 bits per heavy atom. The van der Waals surface area contributed by atoms with Crippen LogP contribution in [0.4, 0.5) is 17.1 Å². The maximum absolute atomic E-state index is 6.45. The molecular formula is C50H33N5O. The van der Waals surface area contributed by atoms with Crippen molar-refractivity contribution in [3.8, 4) is 78.8 Å². The van der Waals surface area contributed by atoms with Crippen molar-refractivity contribution in [1.82, 2.24) is 19.9 Å². The highest BCUT2D eigenvalue weighted by Gasteiger charge is 2.26. The molecule has 6 nitrogen and oxygen atoms in total. The average Bonchev–Trinajstić information content (AvgIpc) is 3.29. The van der Waals surface area contributed by atoms with E-state index in [1.54, 1.807) is 0 Å². The number of ether oxygens (including phenoxy) is 1. The Morgan fingerprint density at radius 3 is 0.964 bits per heavy atom. The number of benzene rings is 5. The quantitative estimate of drug-likeness (QED) is 0.163. The van der Waals surface area contributed by atoms with Crippen molar-refractivity contribution in [2.24, 2.45) is 0 Å². The van der Waals surface area contributed by atoms with Gasteiger partial charge in [0.2, 0.25) is 0 Å². The van der Waals surface area contributed by atoms with E-state index in [1.165, 1.54) is 0 Å². The minimum Gasteiger partial charge on any atom is -0.453 e. The number of pyridine rings is 4. The zero-order valence-electron chi connectivity index (χ0n) is 30.2. The number of para-hydroxylation sites is 4. The Hall–Kier alpha value is -7.70. The van der Waals surface area contributed by atoms with Crippen molar-refractivity contribution in [2.45, 2.75) is 0 Å². The SMILES string of the molecule is c1ccc(-c2cc(-c3cc(-c4cc(-c5ccccn5)cc(-c5ccccn5)c4)cc(N4c5ccccc5Oc5ccccc54)c3)cc(-c3ccccn3)c2)nc1. The first-order chi connectivity index (χ1) is 27.7. The highest BCUT2D eigenvalue weighted by Crippen LogP contribution is 2.51. The van der Waals surface area contributed by atoms with E-state index in [0.717, 1.165) is 95.8 Å². The van der Waals surface area contributed by atoms with Gasteiger partial charge >= 0.3 is 0 Å². The fourth-order valence-electron chi connectivity index (χ4n) is 7.37. The van der Waals surface area contributed by atoms with E-state index in [-0.39, 0.29) is 0 Å². The summed E-state index contributed by atoms with van der Waals surface area (Å²) in [4.78, 5) is 21.3. The first kappa shape index (κ1) is 32.9. The molecule has 0 saturated carbocycles. The lowest BCUT2D eigenvalue weighted by atomic mass is 9.91. The van der Waals surface area contributed by atoms with Crippen LogP contribution >= 0.6 is 0 Å². The van der Waals surface area contributed by atoms with Crippen LogP contribution in [0.25, 0.3) is 67.3 Å². The molecule has 4 aromatic heterocycles. The summed E-state index contributed by atoms with van der Waals surface area (Å²) in [6, 6.07) is 60.5. The number of hydrogen-bond acceptors (Lipinski definition) is 6. The summed E-state index contributed by atoms with van der Waals surface area (Å²) in [5.74, 6) is 1.59. The van der Waals surface area contributed by atoms with Crippen LogP contribution in [0.15, 0.2) is 201 Å². The normalized spacial score (nSPS) is 11.7. The topological polar surface area (TPSA) is 64.0 Å². The lowest BCUT2D eigenvalue weighted by molar-refractivity contribution is 0.477. The van der Waals surface area contributed by atoms with Crippen molar-refractivity contribution in [3.63, 3.8) is 0 Å². The molecule has 0 saturated heterocycles. The fraction of sp³-hybridized carbons (Fsp3) is 0. The molecule has 5 aromatic carbocycles. The predicted molar refractivity (Wildman–Crippen MR) is 225 cm³/mol. The molecule has 0 bridgehead atoms. The van der Waals surface area contributed by atoms with Crippen LogP contribution < -0.4 is 9.64 Å². The number of aromatic nitrogens is 4. The summed E-state index contributed by atoms with van der Waals surface area (Å²) >= 11 is 0. The predicted octanol–water partition coefficient (Wildman–Crippen LogP) is 12.8. The second-order valence-electron chi connectivity index (χ2n) is 13.6. The summed E-state index contributed by atoms with van der Waals surface area (Å²) in [5, 5.41) is 0. The number of nitrogens with zero attached hydrogens (tertiary/aromatic N) is 5. The molecule has 0 unspecified atom stereocenters. The molecule has 0 radical (unpaired) electrons. The molecular weight excluding hydrogens is 687 g/mol. The lowest BCUT2D eigenvalue weighted by Crippen LogP contribution is -2.15. The molecule has 0 amide bonds. The van der Waals surface area contributed by atoms with Crippen LogP contribution in [0, 0.1) is 0 Å². The summed E-state index contributed by atoms with van der Waals surface area (Å²) in [6.07, 6.45) is 7.34. The van der Waals surface area contributed by atoms with E-state index in [4.69, 9.17) is 24.7 Å². The molecule has 0 atom stereocenters. The van der Waals surface area contributed by atoms with E-state index < -0.39 is 0 Å². The summed E-state index contributed by atoms with van der Waals surface area (Å²) < 4.78 is 6.45. The Balaban J connectivity index is 1.25. The van der Waals surface area contributed by atoms with Gasteiger partial charge in [0.05, 0.1) is 34.2 Å². The van der Waals surface area contributed by atoms with Gasteiger partial charge in [-0.05, 0) is 150 Å². The fourth-order valence-corrected chi connectivity index (χ4v) is 7.37. The standard InChI is InChI=1S/C50H33N5O/c1-3-19-49-47(17-1)55(48-18-2-4-20-50(48)56-49)42-32-36(34-26-38(43-13-5-9-21-51-43)30-39(27-34)44-14-6-10-22-52-44)25-37(33-42)35-28-40(45-15-7-11-23-53-45)31-41(29-35)46-16-8-12-24-54-46/h1-33H. The van der Waals surface area contributed by atoms with Crippen LogP contribution in [-0.4, -0.2) is 19.9 Å². The van der Waals surface area contributed by atoms with Crippen LogP contribution in [-0.2, 0) is 0 Å². The van der Waals surface area contributed by atoms with E-state index >= 15 is 0 Å². The zero-order valence-corrected chi connectivity index (χ0v) is 30.2. The molecule has 9 aromatic rings. The van der Waals surface area contributed by atoms with Crippen molar-refractivity contribution in [1.29, 1.82) is 0 Å². The number of hydrogen-bond donors (Lipinski definition) is 0. The van der Waals surface area contributed by atoms with Gasteiger partial charge < -0.3 is 9.64 Å². The molecule has 0 fully saturated rings. The van der Waals surface area contributed by atoms with E-state index in [9.17, 15) is 0 Å². The van der Waals surface area contributed by atoms with Gasteiger partial charge in [-0.15, -0.1) is 0 Å². The smallest absolute Gasteiger partial charge is 0.151 e. The first-order valence-electron chi connectivity index (χ1n) is 18.5. The van der Waals surface area contributed by atoms with Crippen molar-refractivity contribution in [3.05, 3.63) is 201 Å². The van der Waals surface area contributed by atoms with Crippen LogP contribution in [0.3, 0.4) is 0 Å². The van der Waals surface area contributed by atoms with Crippen molar-refractivity contribution >= 4 is 17.1 Å². The number of anilines is 3. The molecule has 56 heavy (non-hydrogen) atoms. The molecule has 5 heterocycles. The maximum Gasteiger partial charge on any atom is 0.151 e. The van der Waals surface area contributed by atoms with Gasteiger partial charge in [-0.1, -0.05) is 48.5 Å². The van der Waals surface area contributed by atoms with Crippen molar-refractivity contribution in [2.75, 3.05) is 4.90 Å². The van der Waals surface area contributed by atoms with Gasteiger partial charge in [-0.3, -0.25) is 19.9 Å². The minimum absolute atomic E-state index is 0.794. The Kier molecular flexibility index (Phi) is 8.39. The average molecular weight is 720 g/mol. The first-order valence-corrected chi connectivity index (χ1v) is 18.5. The summed E-state index contributed by atoms with van der Waals surface area (Å²) in [7, 11) is 0. The molecule has 1 aliphatic rings. The van der Waals surface area contributed by atoms with Gasteiger partial charge in [0.15, 0.2) is 11.5 Å². The minimum atomic E-state index is 0.794. The van der Waals surface area contributed by atoms with E-state index in [0.29, 0.717) is 0 Å². The third kappa shape index (κ3) is 6.35. The summed E-state index contributed by atoms with van der Waals surface area (Å²) in [5.41, 5.74) is 14.7. The lowest BCUT2D eigenvalue weighted by Gasteiger charge is -2.33. The molecule has 264 valence electrons. The highest BCUT2D eigenvalue weighted by atomic mass is 16.5. The molecule has 1 aliphatic heterocycles. The third-order valence-corrected chi connectivity index (χ3v) is 9.98. The second kappa shape index (κ2) is 14.3. The zero-order chi connectivity index (χ0) is 37.3. The Bertz CT molecular complexity index is 2520. The molecule has 0 spiro atoms. The number of rotatable bonds is 7. The van der Waals surface area contributed by atoms with Crippen LogP contribution in [0.1, 0.15) is 0 Å². The molecule has 10 rings (SSSR count). The van der Waals surface area contributed by atoms with E-state index in [2.05, 4.69) is 83.8 Å². The van der Waals surface area contributed by atoms with Gasteiger partial charge in [-0.25, -0.2) is 0 Å². The Labute approximate surface area is 325 Å². The third-order valence-electron chi connectivity index (χ3n) is 9.98. The second-order valence-corrected chi connectivity index (χ2v) is 13.6. The van der Waals surface area contributed by atoms with Gasteiger partial charge in [0.25, 0.3) is 0 Å². The van der Waals surface area contributed by atoms with Crippen LogP contribution in [0.2, 0.25) is 0 Å². The Morgan fingerprint density at radius 1 is 0.304 bits per heavy atom. The van der Waals surface area contributed by atoms with Gasteiger partial charge in [-0.2, -0.15) is 0 Å². The van der Waals surface area contributed by atoms with Crippen LogP contribution in [0.5, 0.6) is 11.5 Å². The summed E-state index contributed by atoms with van der Waals surface area (Å²) in [6.45, 7) is 0. The molecule has 0 aliphatic carbocycles. The monoisotopic (exact) mass is 719 g/mol. The maximum atomic E-state index is 6.45. The molecule has 0 N–H and O–H groups in total. The number of fused-ring (bicyclic) bond motifs is 2. The largest absolute Gasteiger partial charge is 0.453 e. The molecule has 6 heteroatoms. The van der Waals surface area contributed by atoms with Gasteiger partial charge in [0, 0.05) is 52.7 Å². The van der Waals surface area contributed by atoms with Crippen molar-refractivity contribution < 1.29 is 4.74 Å². The highest BCUT2D eigenvalue weighted by molar-refractivity contribution is 5.92. The van der Waals surface area contributed by atoms with Gasteiger partial charge in [0.1, 0.15) is 0 Å². The van der Waals surface area contributed by atoms with E-state index in [1.807, 2.05) is 122 Å².